The number of nitrogens with zero attached hydrogens (tertiary/aromatic N) is 3. The van der Waals surface area contributed by atoms with Crippen molar-refractivity contribution in [2.24, 2.45) is 0 Å². The van der Waals surface area contributed by atoms with Crippen LogP contribution < -0.4 is 0 Å². The summed E-state index contributed by atoms with van der Waals surface area (Å²) in [6, 6.07) is 9.65. The molecule has 92 valence electrons. The number of hydrogen-bond donors (Lipinski definition) is 0. The van der Waals surface area contributed by atoms with Crippen LogP contribution in [0.5, 0.6) is 0 Å². The third-order valence-electron chi connectivity index (χ3n) is 2.43. The second-order valence-corrected chi connectivity index (χ2v) is 4.10. The van der Waals surface area contributed by atoms with Crippen LogP contribution in [0, 0.1) is 0 Å². The van der Waals surface area contributed by atoms with Gasteiger partial charge in [0.25, 0.3) is 5.91 Å². The van der Waals surface area contributed by atoms with E-state index in [1.165, 1.54) is 10.6 Å². The Morgan fingerprint density at radius 1 is 1.28 bits per heavy atom. The van der Waals surface area contributed by atoms with E-state index < -0.39 is 0 Å². The van der Waals surface area contributed by atoms with Crippen LogP contribution in [-0.4, -0.2) is 34.5 Å². The highest BCUT2D eigenvalue weighted by Gasteiger charge is 2.09. The zero-order valence-corrected chi connectivity index (χ0v) is 10.4. The van der Waals surface area contributed by atoms with Crippen LogP contribution in [0.3, 0.4) is 0 Å². The Bertz CT molecular complexity index is 555. The smallest absolute Gasteiger partial charge is 0.257 e. The molecule has 2 aromatic rings. The Hall–Kier alpha value is -2.36. The van der Waals surface area contributed by atoms with E-state index in [0.29, 0.717) is 5.82 Å². The Kier molecular flexibility index (Phi) is 3.57. The number of benzene rings is 1. The van der Waals surface area contributed by atoms with Gasteiger partial charge in [0.15, 0.2) is 0 Å². The molecule has 0 saturated carbocycles. The van der Waals surface area contributed by atoms with E-state index in [1.54, 1.807) is 18.6 Å². The third kappa shape index (κ3) is 2.66. The largest absolute Gasteiger partial charge is 0.383 e. The minimum Gasteiger partial charge on any atom is -0.383 e. The molecule has 0 bridgehead atoms. The van der Waals surface area contributed by atoms with Crippen molar-refractivity contribution >= 4 is 5.91 Å². The molecule has 2 rings (SSSR count). The molecule has 1 aromatic heterocycles. The minimum absolute atomic E-state index is 0.111. The molecule has 4 heteroatoms. The lowest BCUT2D eigenvalue weighted by molar-refractivity contribution is 0.0969. The van der Waals surface area contributed by atoms with Crippen LogP contribution >= 0.6 is 0 Å². The molecule has 0 unspecified atom stereocenters. The first-order valence-electron chi connectivity index (χ1n) is 5.66. The summed E-state index contributed by atoms with van der Waals surface area (Å²) in [6.45, 7) is 0. The van der Waals surface area contributed by atoms with Gasteiger partial charge in [-0.1, -0.05) is 30.3 Å². The zero-order chi connectivity index (χ0) is 13.0. The Morgan fingerprint density at radius 2 is 2.00 bits per heavy atom. The number of allylic oxidation sites excluding steroid dienone is 1. The van der Waals surface area contributed by atoms with Gasteiger partial charge >= 0.3 is 0 Å². The van der Waals surface area contributed by atoms with E-state index in [2.05, 4.69) is 4.98 Å². The van der Waals surface area contributed by atoms with E-state index >= 15 is 0 Å². The van der Waals surface area contributed by atoms with Crippen LogP contribution in [0.4, 0.5) is 0 Å². The average molecular weight is 241 g/mol. The van der Waals surface area contributed by atoms with Gasteiger partial charge in [-0.05, 0) is 0 Å². The standard InChI is InChI=1S/C14H15N3O/c1-16(2)10-8-13(18)17-11-9-15-14(17)12-6-4-3-5-7-12/h3-11H,1-2H3. The van der Waals surface area contributed by atoms with Crippen LogP contribution in [0.15, 0.2) is 55.0 Å². The van der Waals surface area contributed by atoms with Crippen LogP contribution in [0.25, 0.3) is 11.4 Å². The Labute approximate surface area is 106 Å². The van der Waals surface area contributed by atoms with Gasteiger partial charge in [0, 0.05) is 44.3 Å². The number of carbonyl (C=O) groups excluding carboxylic acids is 1. The van der Waals surface area contributed by atoms with Gasteiger partial charge in [0.2, 0.25) is 0 Å². The van der Waals surface area contributed by atoms with Gasteiger partial charge in [-0.25, -0.2) is 4.98 Å². The van der Waals surface area contributed by atoms with Gasteiger partial charge in [-0.15, -0.1) is 0 Å². The van der Waals surface area contributed by atoms with Crippen molar-refractivity contribution in [3.63, 3.8) is 0 Å². The lowest BCUT2D eigenvalue weighted by Crippen LogP contribution is -2.10. The molecular formula is C14H15N3O. The van der Waals surface area contributed by atoms with Crippen molar-refractivity contribution in [1.29, 1.82) is 0 Å². The molecule has 0 atom stereocenters. The molecule has 0 fully saturated rings. The quantitative estimate of drug-likeness (QED) is 0.774. The average Bonchev–Trinajstić information content (AvgIpc) is 2.86. The lowest BCUT2D eigenvalue weighted by atomic mass is 10.2. The number of rotatable bonds is 3. The fraction of sp³-hybridized carbons (Fsp3) is 0.143. The molecule has 18 heavy (non-hydrogen) atoms. The molecule has 4 nitrogen and oxygen atoms in total. The van der Waals surface area contributed by atoms with Gasteiger partial charge in [-0.2, -0.15) is 0 Å². The molecule has 1 aromatic carbocycles. The summed E-state index contributed by atoms with van der Waals surface area (Å²) in [5.41, 5.74) is 0.925. The molecule has 0 amide bonds. The molecule has 0 aliphatic rings. The Balaban J connectivity index is 2.31. The van der Waals surface area contributed by atoms with Crippen molar-refractivity contribution in [2.45, 2.75) is 0 Å². The highest BCUT2D eigenvalue weighted by molar-refractivity contribution is 5.92. The SMILES string of the molecule is CN(C)C=CC(=O)n1ccnc1-c1ccccc1. The molecule has 0 aliphatic carbocycles. The second kappa shape index (κ2) is 5.31. The number of carbonyl (C=O) groups is 1. The zero-order valence-electron chi connectivity index (χ0n) is 10.4. The van der Waals surface area contributed by atoms with E-state index in [-0.39, 0.29) is 5.91 Å². The van der Waals surface area contributed by atoms with Crippen molar-refractivity contribution < 1.29 is 4.79 Å². The van der Waals surface area contributed by atoms with E-state index in [9.17, 15) is 4.79 Å². The van der Waals surface area contributed by atoms with Gasteiger partial charge in [0.1, 0.15) is 5.82 Å². The minimum atomic E-state index is -0.111. The van der Waals surface area contributed by atoms with Crippen LogP contribution in [0.1, 0.15) is 4.79 Å². The maximum Gasteiger partial charge on any atom is 0.257 e. The number of aromatic nitrogens is 2. The molecule has 0 spiro atoms. The first-order valence-corrected chi connectivity index (χ1v) is 5.66. The van der Waals surface area contributed by atoms with Crippen LogP contribution in [-0.2, 0) is 0 Å². The predicted octanol–water partition coefficient (Wildman–Crippen LogP) is 2.27. The second-order valence-electron chi connectivity index (χ2n) is 4.10. The molecule has 0 N–H and O–H groups in total. The van der Waals surface area contributed by atoms with Crippen LogP contribution in [0.2, 0.25) is 0 Å². The maximum atomic E-state index is 12.0. The van der Waals surface area contributed by atoms with Crippen molar-refractivity contribution in [3.05, 3.63) is 55.0 Å². The molecule has 1 heterocycles. The van der Waals surface area contributed by atoms with E-state index in [0.717, 1.165) is 5.56 Å². The highest BCUT2D eigenvalue weighted by atomic mass is 16.1. The lowest BCUT2D eigenvalue weighted by Gasteiger charge is -2.05. The molecule has 0 aliphatic heterocycles. The summed E-state index contributed by atoms with van der Waals surface area (Å²) in [6.07, 6.45) is 6.54. The summed E-state index contributed by atoms with van der Waals surface area (Å²) < 4.78 is 1.54. The summed E-state index contributed by atoms with van der Waals surface area (Å²) in [5, 5.41) is 0. The van der Waals surface area contributed by atoms with E-state index in [1.807, 2.05) is 49.3 Å². The monoisotopic (exact) mass is 241 g/mol. The normalized spacial score (nSPS) is 10.8. The molecule has 0 radical (unpaired) electrons. The fourth-order valence-corrected chi connectivity index (χ4v) is 1.58. The summed E-state index contributed by atoms with van der Waals surface area (Å²) >= 11 is 0. The molecular weight excluding hydrogens is 226 g/mol. The third-order valence-corrected chi connectivity index (χ3v) is 2.43. The number of imidazole rings is 1. The summed E-state index contributed by atoms with van der Waals surface area (Å²) in [5.74, 6) is 0.545. The Morgan fingerprint density at radius 3 is 2.67 bits per heavy atom. The van der Waals surface area contributed by atoms with Gasteiger partial charge in [-0.3, -0.25) is 9.36 Å². The summed E-state index contributed by atoms with van der Waals surface area (Å²) in [7, 11) is 3.74. The van der Waals surface area contributed by atoms with Gasteiger partial charge in [0.05, 0.1) is 0 Å². The highest BCUT2D eigenvalue weighted by Crippen LogP contribution is 2.16. The predicted molar refractivity (Wildman–Crippen MR) is 71.1 cm³/mol. The first kappa shape index (κ1) is 12.1. The topological polar surface area (TPSA) is 38.1 Å². The van der Waals surface area contributed by atoms with Gasteiger partial charge < -0.3 is 4.90 Å². The maximum absolute atomic E-state index is 12.0. The van der Waals surface area contributed by atoms with Crippen molar-refractivity contribution in [3.8, 4) is 11.4 Å². The van der Waals surface area contributed by atoms with Crippen molar-refractivity contribution in [2.75, 3.05) is 14.1 Å². The molecule has 0 saturated heterocycles. The van der Waals surface area contributed by atoms with Crippen molar-refractivity contribution in [1.82, 2.24) is 14.5 Å². The first-order chi connectivity index (χ1) is 8.68. The fourth-order valence-electron chi connectivity index (χ4n) is 1.58. The van der Waals surface area contributed by atoms with E-state index in [4.69, 9.17) is 0 Å². The number of hydrogen-bond acceptors (Lipinski definition) is 3. The summed E-state index contributed by atoms with van der Waals surface area (Å²) in [4.78, 5) is 18.1.